The molecule has 0 N–H and O–H groups in total. The van der Waals surface area contributed by atoms with Crippen LogP contribution in [-0.2, 0) is 0 Å². The van der Waals surface area contributed by atoms with Crippen molar-refractivity contribution in [2.24, 2.45) is 0 Å². The van der Waals surface area contributed by atoms with Crippen molar-refractivity contribution in [3.63, 3.8) is 0 Å². The van der Waals surface area contributed by atoms with Crippen LogP contribution in [0, 0.1) is 5.82 Å². The maximum atomic E-state index is 12.7. The van der Waals surface area contributed by atoms with Crippen LogP contribution >= 0.6 is 0 Å². The predicted molar refractivity (Wildman–Crippen MR) is 64.0 cm³/mol. The first kappa shape index (κ1) is 11.4. The number of rotatable bonds is 3. The normalized spacial score (nSPS) is 9.53. The van der Waals surface area contributed by atoms with Gasteiger partial charge in [-0.3, -0.25) is 0 Å². The van der Waals surface area contributed by atoms with E-state index in [2.05, 4.69) is 13.2 Å². The fourth-order valence-electron chi connectivity index (χ4n) is 1.44. The van der Waals surface area contributed by atoms with E-state index in [1.165, 1.54) is 12.1 Å². The molecular formula is C14H15F. The summed E-state index contributed by atoms with van der Waals surface area (Å²) < 4.78 is 12.7. The van der Waals surface area contributed by atoms with Gasteiger partial charge in [0.15, 0.2) is 0 Å². The van der Waals surface area contributed by atoms with Crippen LogP contribution in [0.2, 0.25) is 0 Å². The maximum Gasteiger partial charge on any atom is 0.123 e. The summed E-state index contributed by atoms with van der Waals surface area (Å²) in [6, 6.07) is 6.33. The van der Waals surface area contributed by atoms with Gasteiger partial charge in [0.2, 0.25) is 0 Å². The molecule has 0 aliphatic carbocycles. The van der Waals surface area contributed by atoms with E-state index in [1.54, 1.807) is 18.2 Å². The quantitative estimate of drug-likeness (QED) is 0.639. The molecule has 0 spiro atoms. The van der Waals surface area contributed by atoms with E-state index in [4.69, 9.17) is 0 Å². The Morgan fingerprint density at radius 1 is 1.20 bits per heavy atom. The van der Waals surface area contributed by atoms with E-state index in [1.807, 2.05) is 13.8 Å². The Hall–Kier alpha value is -1.63. The predicted octanol–water partition coefficient (Wildman–Crippen LogP) is 4.36. The molecule has 0 amide bonds. The van der Waals surface area contributed by atoms with E-state index >= 15 is 0 Å². The standard InChI is InChI=1S/C14H15F/c1-5-14(10(2)3)11(4)12-6-8-13(15)9-7-12/h5-9H,1,4H2,2-3H3. The average molecular weight is 202 g/mol. The van der Waals surface area contributed by atoms with Crippen LogP contribution < -0.4 is 0 Å². The minimum Gasteiger partial charge on any atom is -0.207 e. The van der Waals surface area contributed by atoms with Gasteiger partial charge >= 0.3 is 0 Å². The molecule has 0 unspecified atom stereocenters. The van der Waals surface area contributed by atoms with Crippen molar-refractivity contribution in [1.82, 2.24) is 0 Å². The highest BCUT2D eigenvalue weighted by Crippen LogP contribution is 2.24. The zero-order valence-corrected chi connectivity index (χ0v) is 9.18. The first-order chi connectivity index (χ1) is 7.06. The molecule has 0 aliphatic rings. The van der Waals surface area contributed by atoms with Crippen LogP contribution in [0.5, 0.6) is 0 Å². The second kappa shape index (κ2) is 4.74. The molecule has 0 aliphatic heterocycles. The fourth-order valence-corrected chi connectivity index (χ4v) is 1.44. The lowest BCUT2D eigenvalue weighted by Crippen LogP contribution is -1.88. The van der Waals surface area contributed by atoms with Crippen molar-refractivity contribution in [2.45, 2.75) is 13.8 Å². The van der Waals surface area contributed by atoms with E-state index in [0.29, 0.717) is 0 Å². The van der Waals surface area contributed by atoms with Crippen molar-refractivity contribution >= 4 is 5.57 Å². The maximum absolute atomic E-state index is 12.7. The van der Waals surface area contributed by atoms with Gasteiger partial charge in [-0.1, -0.05) is 36.9 Å². The lowest BCUT2D eigenvalue weighted by Gasteiger charge is -2.09. The Morgan fingerprint density at radius 3 is 2.13 bits per heavy atom. The number of benzene rings is 1. The second-order valence-electron chi connectivity index (χ2n) is 3.60. The second-order valence-corrected chi connectivity index (χ2v) is 3.60. The van der Waals surface area contributed by atoms with Gasteiger partial charge in [0.25, 0.3) is 0 Å². The lowest BCUT2D eigenvalue weighted by atomic mass is 9.96. The molecule has 0 saturated heterocycles. The van der Waals surface area contributed by atoms with Gasteiger partial charge < -0.3 is 0 Å². The van der Waals surface area contributed by atoms with Crippen LogP contribution in [0.3, 0.4) is 0 Å². The average Bonchev–Trinajstić information content (AvgIpc) is 2.19. The Labute approximate surface area is 90.4 Å². The molecule has 0 fully saturated rings. The lowest BCUT2D eigenvalue weighted by molar-refractivity contribution is 0.627. The van der Waals surface area contributed by atoms with Gasteiger partial charge in [0.05, 0.1) is 0 Å². The van der Waals surface area contributed by atoms with Crippen molar-refractivity contribution in [1.29, 1.82) is 0 Å². The highest BCUT2D eigenvalue weighted by atomic mass is 19.1. The number of allylic oxidation sites excluding steroid dienone is 4. The first-order valence-corrected chi connectivity index (χ1v) is 4.81. The monoisotopic (exact) mass is 202 g/mol. The molecule has 78 valence electrons. The first-order valence-electron chi connectivity index (χ1n) is 4.81. The number of hydrogen-bond donors (Lipinski definition) is 0. The summed E-state index contributed by atoms with van der Waals surface area (Å²) in [7, 11) is 0. The third-order valence-electron chi connectivity index (χ3n) is 2.26. The summed E-state index contributed by atoms with van der Waals surface area (Å²) in [5, 5.41) is 0. The largest absolute Gasteiger partial charge is 0.207 e. The van der Waals surface area contributed by atoms with E-state index < -0.39 is 0 Å². The Morgan fingerprint density at radius 2 is 1.73 bits per heavy atom. The van der Waals surface area contributed by atoms with Crippen molar-refractivity contribution in [3.8, 4) is 0 Å². The zero-order chi connectivity index (χ0) is 11.4. The molecule has 15 heavy (non-hydrogen) atoms. The van der Waals surface area contributed by atoms with Crippen LogP contribution in [-0.4, -0.2) is 0 Å². The van der Waals surface area contributed by atoms with E-state index in [9.17, 15) is 4.39 Å². The molecule has 0 saturated carbocycles. The van der Waals surface area contributed by atoms with Gasteiger partial charge in [0.1, 0.15) is 5.82 Å². The van der Waals surface area contributed by atoms with Crippen LogP contribution in [0.1, 0.15) is 19.4 Å². The third-order valence-corrected chi connectivity index (χ3v) is 2.26. The fraction of sp³-hybridized carbons (Fsp3) is 0.143. The molecule has 1 aromatic rings. The topological polar surface area (TPSA) is 0 Å². The minimum absolute atomic E-state index is 0.232. The highest BCUT2D eigenvalue weighted by Gasteiger charge is 2.03. The summed E-state index contributed by atoms with van der Waals surface area (Å²) >= 11 is 0. The van der Waals surface area contributed by atoms with Gasteiger partial charge in [0, 0.05) is 0 Å². The van der Waals surface area contributed by atoms with Crippen LogP contribution in [0.25, 0.3) is 5.57 Å². The Kier molecular flexibility index (Phi) is 3.62. The number of halogens is 1. The molecule has 1 rings (SSSR count). The molecule has 1 aromatic carbocycles. The van der Waals surface area contributed by atoms with Crippen LogP contribution in [0.15, 0.2) is 54.6 Å². The smallest absolute Gasteiger partial charge is 0.123 e. The molecular weight excluding hydrogens is 187 g/mol. The van der Waals surface area contributed by atoms with Gasteiger partial charge in [-0.2, -0.15) is 0 Å². The molecule has 0 heterocycles. The zero-order valence-electron chi connectivity index (χ0n) is 9.18. The van der Waals surface area contributed by atoms with Gasteiger partial charge in [-0.15, -0.1) is 0 Å². The molecule has 0 aromatic heterocycles. The highest BCUT2D eigenvalue weighted by molar-refractivity contribution is 5.80. The van der Waals surface area contributed by atoms with E-state index in [0.717, 1.165) is 22.3 Å². The van der Waals surface area contributed by atoms with Crippen molar-refractivity contribution < 1.29 is 4.39 Å². The van der Waals surface area contributed by atoms with Crippen molar-refractivity contribution in [2.75, 3.05) is 0 Å². The van der Waals surface area contributed by atoms with Crippen molar-refractivity contribution in [3.05, 3.63) is 66.0 Å². The summed E-state index contributed by atoms with van der Waals surface area (Å²) in [4.78, 5) is 0. The summed E-state index contributed by atoms with van der Waals surface area (Å²) in [5.74, 6) is -0.232. The van der Waals surface area contributed by atoms with Gasteiger partial charge in [-0.25, -0.2) is 4.39 Å². The summed E-state index contributed by atoms with van der Waals surface area (Å²) in [5.41, 5.74) is 3.97. The number of hydrogen-bond acceptors (Lipinski definition) is 0. The summed E-state index contributed by atoms with van der Waals surface area (Å²) in [6.07, 6.45) is 1.78. The molecule has 0 bridgehead atoms. The SMILES string of the molecule is C=CC(C(=C)c1ccc(F)cc1)=C(C)C. The molecule has 1 heteroatoms. The third kappa shape index (κ3) is 2.66. The Balaban J connectivity index is 3.10. The molecule has 0 radical (unpaired) electrons. The Bertz CT molecular complexity index is 403. The molecule has 0 atom stereocenters. The minimum atomic E-state index is -0.232. The van der Waals surface area contributed by atoms with Gasteiger partial charge in [-0.05, 0) is 42.7 Å². The van der Waals surface area contributed by atoms with Crippen LogP contribution in [0.4, 0.5) is 4.39 Å². The summed E-state index contributed by atoms with van der Waals surface area (Å²) in [6.45, 7) is 11.8. The van der Waals surface area contributed by atoms with E-state index in [-0.39, 0.29) is 5.82 Å². The molecule has 0 nitrogen and oxygen atoms in total.